The summed E-state index contributed by atoms with van der Waals surface area (Å²) in [5, 5.41) is 7.78. The van der Waals surface area contributed by atoms with Crippen LogP contribution in [0.2, 0.25) is 0 Å². The summed E-state index contributed by atoms with van der Waals surface area (Å²) in [6.45, 7) is 0.762. The maximum Gasteiger partial charge on any atom is 0.164 e. The van der Waals surface area contributed by atoms with Crippen LogP contribution < -0.4 is 5.32 Å². The zero-order chi connectivity index (χ0) is 13.2. The number of nitrogens with zero attached hydrogens (tertiary/aromatic N) is 3. The summed E-state index contributed by atoms with van der Waals surface area (Å²) in [6, 6.07) is 9.26. The minimum Gasteiger partial charge on any atom is -0.307 e. The molecular weight excluding hydrogens is 304 g/mol. The van der Waals surface area contributed by atoms with Crippen molar-refractivity contribution in [3.8, 4) is 0 Å². The van der Waals surface area contributed by atoms with E-state index >= 15 is 0 Å². The molecule has 0 spiro atoms. The summed E-state index contributed by atoms with van der Waals surface area (Å²) in [5.41, 5.74) is 1.44. The van der Waals surface area contributed by atoms with E-state index in [-0.39, 0.29) is 0 Å². The Labute approximate surface area is 121 Å². The zero-order valence-corrected chi connectivity index (χ0v) is 12.5. The maximum absolute atomic E-state index is 4.27. The second-order valence-corrected chi connectivity index (χ2v) is 6.05. The van der Waals surface area contributed by atoms with Gasteiger partial charge >= 0.3 is 0 Å². The Morgan fingerprint density at radius 2 is 2.05 bits per heavy atom. The van der Waals surface area contributed by atoms with Gasteiger partial charge in [0.05, 0.1) is 6.54 Å². The number of aromatic nitrogens is 3. The van der Waals surface area contributed by atoms with Crippen LogP contribution in [0.25, 0.3) is 0 Å². The van der Waals surface area contributed by atoms with E-state index in [2.05, 4.69) is 55.6 Å². The highest BCUT2D eigenvalue weighted by Crippen LogP contribution is 2.37. The molecule has 4 nitrogen and oxygen atoms in total. The first-order valence-electron chi connectivity index (χ1n) is 6.54. The van der Waals surface area contributed by atoms with Crippen LogP contribution in [0.15, 0.2) is 35.1 Å². The van der Waals surface area contributed by atoms with E-state index in [1.54, 1.807) is 11.0 Å². The van der Waals surface area contributed by atoms with Crippen molar-refractivity contribution in [3.63, 3.8) is 0 Å². The van der Waals surface area contributed by atoms with Crippen LogP contribution in [0.5, 0.6) is 0 Å². The van der Waals surface area contributed by atoms with Gasteiger partial charge in [-0.2, -0.15) is 5.10 Å². The molecular formula is C14H17BrN4. The van der Waals surface area contributed by atoms with Crippen molar-refractivity contribution in [1.82, 2.24) is 20.1 Å². The molecule has 0 bridgehead atoms. The molecule has 3 rings (SSSR count). The van der Waals surface area contributed by atoms with Crippen LogP contribution in [-0.4, -0.2) is 20.8 Å². The van der Waals surface area contributed by atoms with Gasteiger partial charge in [-0.3, -0.25) is 4.68 Å². The average molecular weight is 321 g/mol. The average Bonchev–Trinajstić information content (AvgIpc) is 2.75. The lowest BCUT2D eigenvalue weighted by Crippen LogP contribution is -2.39. The van der Waals surface area contributed by atoms with Gasteiger partial charge in [0.2, 0.25) is 0 Å². The second kappa shape index (κ2) is 5.43. The van der Waals surface area contributed by atoms with Gasteiger partial charge in [0, 0.05) is 17.6 Å². The first kappa shape index (κ1) is 12.8. The number of benzene rings is 1. The zero-order valence-electron chi connectivity index (χ0n) is 10.9. The lowest BCUT2D eigenvalue weighted by molar-refractivity contribution is 0.287. The fraction of sp³-hybridized carbons (Fsp3) is 0.429. The molecule has 1 N–H and O–H groups in total. The second-order valence-electron chi connectivity index (χ2n) is 5.13. The molecule has 1 aromatic heterocycles. The quantitative estimate of drug-likeness (QED) is 0.941. The van der Waals surface area contributed by atoms with E-state index in [1.807, 2.05) is 7.05 Å². The minimum absolute atomic E-state index is 0.595. The van der Waals surface area contributed by atoms with Crippen LogP contribution in [0, 0.1) is 0 Å². The molecule has 0 amide bonds. The summed E-state index contributed by atoms with van der Waals surface area (Å²) in [5.74, 6) is 1.57. The maximum atomic E-state index is 4.27. The molecule has 0 radical (unpaired) electrons. The summed E-state index contributed by atoms with van der Waals surface area (Å²) < 4.78 is 2.88. The molecule has 0 atom stereocenters. The monoisotopic (exact) mass is 320 g/mol. The van der Waals surface area contributed by atoms with Crippen molar-refractivity contribution < 1.29 is 0 Å². The molecule has 100 valence electrons. The SMILES string of the molecule is Cn1cnc(CNC2CC(c3ccc(Br)cc3)C2)n1. The van der Waals surface area contributed by atoms with E-state index in [9.17, 15) is 0 Å². The highest BCUT2D eigenvalue weighted by molar-refractivity contribution is 9.10. The van der Waals surface area contributed by atoms with E-state index < -0.39 is 0 Å². The molecule has 2 aromatic rings. The van der Waals surface area contributed by atoms with Crippen LogP contribution in [-0.2, 0) is 13.6 Å². The number of aryl methyl sites for hydroxylation is 1. The van der Waals surface area contributed by atoms with Crippen molar-refractivity contribution in [2.24, 2.45) is 7.05 Å². The molecule has 1 saturated carbocycles. The Morgan fingerprint density at radius 3 is 2.68 bits per heavy atom. The van der Waals surface area contributed by atoms with Gasteiger partial charge in [-0.25, -0.2) is 4.98 Å². The Balaban J connectivity index is 1.46. The van der Waals surface area contributed by atoms with Crippen LogP contribution in [0.4, 0.5) is 0 Å². The Bertz CT molecular complexity index is 543. The van der Waals surface area contributed by atoms with Crippen molar-refractivity contribution >= 4 is 15.9 Å². The number of halogens is 1. The van der Waals surface area contributed by atoms with Crippen molar-refractivity contribution in [2.75, 3.05) is 0 Å². The Hall–Kier alpha value is -1.20. The van der Waals surface area contributed by atoms with Crippen LogP contribution in [0.1, 0.15) is 30.1 Å². The molecule has 5 heteroatoms. The number of nitrogens with one attached hydrogen (secondary N) is 1. The molecule has 1 aliphatic rings. The molecule has 1 aliphatic carbocycles. The van der Waals surface area contributed by atoms with Gasteiger partial charge in [0.15, 0.2) is 5.82 Å². The number of hydrogen-bond donors (Lipinski definition) is 1. The third-order valence-corrected chi connectivity index (χ3v) is 4.20. The highest BCUT2D eigenvalue weighted by atomic mass is 79.9. The first-order valence-corrected chi connectivity index (χ1v) is 7.33. The molecule has 1 fully saturated rings. The van der Waals surface area contributed by atoms with E-state index in [4.69, 9.17) is 0 Å². The molecule has 1 heterocycles. The van der Waals surface area contributed by atoms with Crippen molar-refractivity contribution in [2.45, 2.75) is 31.3 Å². The summed E-state index contributed by atoms with van der Waals surface area (Å²) >= 11 is 3.47. The molecule has 1 aromatic carbocycles. The fourth-order valence-electron chi connectivity index (χ4n) is 2.49. The standard InChI is InChI=1S/C14H17BrN4/c1-19-9-17-14(18-19)8-16-13-6-11(7-13)10-2-4-12(15)5-3-10/h2-5,9,11,13,16H,6-8H2,1H3. The summed E-state index contributed by atoms with van der Waals surface area (Å²) in [4.78, 5) is 4.22. The predicted octanol–water partition coefficient (Wildman–Crippen LogP) is 2.61. The topological polar surface area (TPSA) is 42.7 Å². The molecule has 19 heavy (non-hydrogen) atoms. The largest absolute Gasteiger partial charge is 0.307 e. The highest BCUT2D eigenvalue weighted by Gasteiger charge is 2.29. The fourth-order valence-corrected chi connectivity index (χ4v) is 2.76. The number of hydrogen-bond acceptors (Lipinski definition) is 3. The minimum atomic E-state index is 0.595. The Morgan fingerprint density at radius 1 is 1.32 bits per heavy atom. The first-order chi connectivity index (χ1) is 9.20. The lowest BCUT2D eigenvalue weighted by atomic mass is 9.76. The lowest BCUT2D eigenvalue weighted by Gasteiger charge is -2.36. The van der Waals surface area contributed by atoms with Gasteiger partial charge in [-0.15, -0.1) is 0 Å². The van der Waals surface area contributed by atoms with Gasteiger partial charge in [-0.05, 0) is 36.5 Å². The van der Waals surface area contributed by atoms with Gasteiger partial charge < -0.3 is 5.32 Å². The Kier molecular flexibility index (Phi) is 3.66. The predicted molar refractivity (Wildman–Crippen MR) is 77.7 cm³/mol. The van der Waals surface area contributed by atoms with Crippen molar-refractivity contribution in [1.29, 1.82) is 0 Å². The van der Waals surface area contributed by atoms with E-state index in [1.165, 1.54) is 18.4 Å². The van der Waals surface area contributed by atoms with E-state index in [0.29, 0.717) is 12.0 Å². The summed E-state index contributed by atoms with van der Waals surface area (Å²) in [7, 11) is 1.89. The van der Waals surface area contributed by atoms with Crippen molar-refractivity contribution in [3.05, 3.63) is 46.5 Å². The summed E-state index contributed by atoms with van der Waals surface area (Å²) in [6.07, 6.45) is 4.14. The van der Waals surface area contributed by atoms with Gasteiger partial charge in [0.25, 0.3) is 0 Å². The van der Waals surface area contributed by atoms with E-state index in [0.717, 1.165) is 16.8 Å². The number of rotatable bonds is 4. The van der Waals surface area contributed by atoms with Gasteiger partial charge in [-0.1, -0.05) is 28.1 Å². The molecule has 0 unspecified atom stereocenters. The van der Waals surface area contributed by atoms with Crippen LogP contribution in [0.3, 0.4) is 0 Å². The molecule has 0 aliphatic heterocycles. The molecule has 0 saturated heterocycles. The van der Waals surface area contributed by atoms with Gasteiger partial charge in [0.1, 0.15) is 6.33 Å². The normalized spacial score (nSPS) is 22.2. The third kappa shape index (κ3) is 3.04. The smallest absolute Gasteiger partial charge is 0.164 e. The van der Waals surface area contributed by atoms with Crippen LogP contribution >= 0.6 is 15.9 Å². The third-order valence-electron chi connectivity index (χ3n) is 3.68.